The van der Waals surface area contributed by atoms with Gasteiger partial charge in [0.1, 0.15) is 5.69 Å². The molecule has 20 heavy (non-hydrogen) atoms. The molecule has 2 heterocycles. The average Bonchev–Trinajstić information content (AvgIpc) is 2.66. The number of hydrogen-bond acceptors (Lipinski definition) is 2. The number of amides is 1. The number of aromatic nitrogens is 1. The summed E-state index contributed by atoms with van der Waals surface area (Å²) < 4.78 is 1.95. The minimum atomic E-state index is 0.140. The molecule has 2 N–H and O–H groups in total. The summed E-state index contributed by atoms with van der Waals surface area (Å²) in [5, 5.41) is 0. The van der Waals surface area contributed by atoms with Crippen molar-refractivity contribution >= 4 is 11.6 Å². The predicted molar refractivity (Wildman–Crippen MR) is 82.7 cm³/mol. The van der Waals surface area contributed by atoms with Crippen molar-refractivity contribution in [3.05, 3.63) is 18.0 Å². The number of nitrogens with two attached hydrogens (primary N) is 1. The Labute approximate surface area is 121 Å². The minimum Gasteiger partial charge on any atom is -0.397 e. The van der Waals surface area contributed by atoms with Gasteiger partial charge in [-0.25, -0.2) is 0 Å². The topological polar surface area (TPSA) is 51.3 Å². The fraction of sp³-hybridized carbons (Fsp3) is 0.688. The fourth-order valence-corrected chi connectivity index (χ4v) is 3.20. The molecular formula is C16H27N3O. The molecule has 1 saturated heterocycles. The van der Waals surface area contributed by atoms with Gasteiger partial charge in [-0.05, 0) is 38.2 Å². The lowest BCUT2D eigenvalue weighted by Crippen LogP contribution is -2.33. The highest BCUT2D eigenvalue weighted by molar-refractivity contribution is 5.93. The maximum Gasteiger partial charge on any atom is 0.270 e. The largest absolute Gasteiger partial charge is 0.397 e. The zero-order valence-corrected chi connectivity index (χ0v) is 12.8. The first-order valence-electron chi connectivity index (χ1n) is 7.90. The van der Waals surface area contributed by atoms with Gasteiger partial charge in [0.2, 0.25) is 0 Å². The Bertz CT molecular complexity index is 453. The molecule has 1 aliphatic rings. The third-order valence-corrected chi connectivity index (χ3v) is 4.31. The van der Waals surface area contributed by atoms with Gasteiger partial charge in [0.25, 0.3) is 5.91 Å². The lowest BCUT2D eigenvalue weighted by atomic mass is 9.96. The van der Waals surface area contributed by atoms with Crippen molar-refractivity contribution in [3.8, 4) is 0 Å². The fourth-order valence-electron chi connectivity index (χ4n) is 3.20. The van der Waals surface area contributed by atoms with Gasteiger partial charge in [-0.2, -0.15) is 0 Å². The molecule has 4 heteroatoms. The quantitative estimate of drug-likeness (QED) is 0.919. The molecule has 1 aliphatic heterocycles. The van der Waals surface area contributed by atoms with Gasteiger partial charge in [-0.15, -0.1) is 0 Å². The maximum atomic E-state index is 12.7. The normalized spacial score (nSPS) is 19.9. The lowest BCUT2D eigenvalue weighted by Gasteiger charge is -2.21. The van der Waals surface area contributed by atoms with Crippen LogP contribution in [0.3, 0.4) is 0 Å². The molecule has 0 aliphatic carbocycles. The van der Waals surface area contributed by atoms with E-state index < -0.39 is 0 Å². The van der Waals surface area contributed by atoms with Gasteiger partial charge in [-0.1, -0.05) is 19.8 Å². The van der Waals surface area contributed by atoms with Crippen LogP contribution in [0.1, 0.15) is 56.4 Å². The maximum absolute atomic E-state index is 12.7. The number of anilines is 1. The van der Waals surface area contributed by atoms with Crippen LogP contribution in [0.25, 0.3) is 0 Å². The first-order chi connectivity index (χ1) is 9.65. The third-order valence-electron chi connectivity index (χ3n) is 4.31. The van der Waals surface area contributed by atoms with E-state index in [1.165, 1.54) is 19.3 Å². The second-order valence-electron chi connectivity index (χ2n) is 5.82. The van der Waals surface area contributed by atoms with Crippen molar-refractivity contribution < 1.29 is 4.79 Å². The average molecular weight is 277 g/mol. The van der Waals surface area contributed by atoms with Crippen LogP contribution in [0, 0.1) is 5.92 Å². The third kappa shape index (κ3) is 3.35. The molecule has 1 atom stereocenters. The second-order valence-corrected chi connectivity index (χ2v) is 5.82. The Hall–Kier alpha value is -1.45. The molecule has 4 nitrogen and oxygen atoms in total. The highest BCUT2D eigenvalue weighted by Crippen LogP contribution is 2.23. The van der Waals surface area contributed by atoms with E-state index in [9.17, 15) is 4.79 Å². The first-order valence-corrected chi connectivity index (χ1v) is 7.90. The van der Waals surface area contributed by atoms with Crippen LogP contribution >= 0.6 is 0 Å². The van der Waals surface area contributed by atoms with Crippen LogP contribution in [0.4, 0.5) is 5.69 Å². The number of rotatable bonds is 4. The Morgan fingerprint density at radius 3 is 2.85 bits per heavy atom. The summed E-state index contributed by atoms with van der Waals surface area (Å²) in [7, 11) is 0. The predicted octanol–water partition coefficient (Wildman–Crippen LogP) is 3.13. The molecule has 0 spiro atoms. The van der Waals surface area contributed by atoms with Crippen molar-refractivity contribution in [1.29, 1.82) is 0 Å². The lowest BCUT2D eigenvalue weighted by molar-refractivity contribution is 0.0749. The summed E-state index contributed by atoms with van der Waals surface area (Å²) in [6, 6.07) is 1.81. The number of nitrogens with zero attached hydrogens (tertiary/aromatic N) is 2. The highest BCUT2D eigenvalue weighted by Gasteiger charge is 2.23. The van der Waals surface area contributed by atoms with Gasteiger partial charge in [0, 0.05) is 25.8 Å². The minimum absolute atomic E-state index is 0.140. The molecule has 0 aromatic carbocycles. The van der Waals surface area contributed by atoms with Crippen LogP contribution in [0.2, 0.25) is 0 Å². The SMILES string of the molecule is CCCC1CCCN(C(=O)c2cc(N)cn2CC)CC1. The zero-order chi connectivity index (χ0) is 14.5. The summed E-state index contributed by atoms with van der Waals surface area (Å²) >= 11 is 0. The standard InChI is InChI=1S/C16H27N3O/c1-3-6-13-7-5-9-19(10-8-13)16(20)15-11-14(17)12-18(15)4-2/h11-13H,3-10,17H2,1-2H3. The van der Waals surface area contributed by atoms with Gasteiger partial charge < -0.3 is 15.2 Å². The number of carbonyl (C=O) groups excluding carboxylic acids is 1. The van der Waals surface area contributed by atoms with Crippen molar-refractivity contribution in [2.45, 2.75) is 52.5 Å². The van der Waals surface area contributed by atoms with Gasteiger partial charge in [-0.3, -0.25) is 4.79 Å². The molecule has 2 rings (SSSR count). The van der Waals surface area contributed by atoms with Crippen molar-refractivity contribution in [2.75, 3.05) is 18.8 Å². The molecular weight excluding hydrogens is 250 g/mol. The Balaban J connectivity index is 2.05. The Kier molecular flexibility index (Phi) is 5.10. The molecule has 1 aromatic rings. The molecule has 0 saturated carbocycles. The van der Waals surface area contributed by atoms with Crippen molar-refractivity contribution in [3.63, 3.8) is 0 Å². The van der Waals surface area contributed by atoms with Gasteiger partial charge >= 0.3 is 0 Å². The van der Waals surface area contributed by atoms with E-state index >= 15 is 0 Å². The van der Waals surface area contributed by atoms with Gasteiger partial charge in [0.05, 0.1) is 5.69 Å². The van der Waals surface area contributed by atoms with E-state index in [4.69, 9.17) is 5.73 Å². The van der Waals surface area contributed by atoms with E-state index in [0.29, 0.717) is 5.69 Å². The summed E-state index contributed by atoms with van der Waals surface area (Å²) in [6.45, 7) is 6.83. The number of nitrogen functional groups attached to an aromatic ring is 1. The van der Waals surface area contributed by atoms with Crippen LogP contribution in [0.5, 0.6) is 0 Å². The summed E-state index contributed by atoms with van der Waals surface area (Å²) in [5.41, 5.74) is 7.23. The molecule has 1 unspecified atom stereocenters. The van der Waals surface area contributed by atoms with Gasteiger partial charge in [0.15, 0.2) is 0 Å². The van der Waals surface area contributed by atoms with Crippen molar-refractivity contribution in [2.24, 2.45) is 5.92 Å². The van der Waals surface area contributed by atoms with E-state index in [1.54, 1.807) is 6.07 Å². The van der Waals surface area contributed by atoms with Crippen LogP contribution in [-0.4, -0.2) is 28.5 Å². The zero-order valence-electron chi connectivity index (χ0n) is 12.8. The summed E-state index contributed by atoms with van der Waals surface area (Å²) in [4.78, 5) is 14.7. The highest BCUT2D eigenvalue weighted by atomic mass is 16.2. The monoisotopic (exact) mass is 277 g/mol. The van der Waals surface area contributed by atoms with E-state index in [2.05, 4.69) is 6.92 Å². The summed E-state index contributed by atoms with van der Waals surface area (Å²) in [5.74, 6) is 0.932. The number of hydrogen-bond donors (Lipinski definition) is 1. The first kappa shape index (κ1) is 14.9. The summed E-state index contributed by atoms with van der Waals surface area (Å²) in [6.07, 6.45) is 7.91. The van der Waals surface area contributed by atoms with Crippen LogP contribution in [0.15, 0.2) is 12.3 Å². The second kappa shape index (κ2) is 6.82. The molecule has 1 fully saturated rings. The van der Waals surface area contributed by atoms with Crippen LogP contribution in [-0.2, 0) is 6.54 Å². The molecule has 0 bridgehead atoms. The molecule has 1 amide bonds. The van der Waals surface area contributed by atoms with E-state index in [-0.39, 0.29) is 5.91 Å². The van der Waals surface area contributed by atoms with Crippen molar-refractivity contribution in [1.82, 2.24) is 9.47 Å². The number of carbonyl (C=O) groups is 1. The number of aryl methyl sites for hydroxylation is 1. The smallest absolute Gasteiger partial charge is 0.270 e. The molecule has 0 radical (unpaired) electrons. The Morgan fingerprint density at radius 2 is 2.15 bits per heavy atom. The van der Waals surface area contributed by atoms with E-state index in [0.717, 1.165) is 44.1 Å². The molecule has 1 aromatic heterocycles. The van der Waals surface area contributed by atoms with E-state index in [1.807, 2.05) is 22.6 Å². The Morgan fingerprint density at radius 1 is 1.35 bits per heavy atom. The number of likely N-dealkylation sites (tertiary alicyclic amines) is 1. The van der Waals surface area contributed by atoms with Crippen LogP contribution < -0.4 is 5.73 Å². The molecule has 112 valence electrons.